The van der Waals surface area contributed by atoms with Crippen molar-refractivity contribution in [1.82, 2.24) is 9.97 Å². The van der Waals surface area contributed by atoms with Crippen molar-refractivity contribution in [2.75, 3.05) is 22.0 Å². The standard InChI is InChI=1S/C27H23ClN4O4S2/c1-2-36-23-11-7-6-10-21(23)30-25(33)17-37-27-29-15-24-26(31-27)20-13-12-19(28)14-22(20)32(38(24,34)35)16-18-8-4-3-5-9-18/h3-15H,2,16-17H2,1H3,(H,30,33). The average Bonchev–Trinajstić information content (AvgIpc) is 2.91. The van der Waals surface area contributed by atoms with E-state index in [-0.39, 0.29) is 34.0 Å². The Bertz CT molecular complexity index is 1600. The third kappa shape index (κ3) is 5.33. The first-order chi connectivity index (χ1) is 18.4. The van der Waals surface area contributed by atoms with Gasteiger partial charge in [0.1, 0.15) is 10.6 Å². The minimum Gasteiger partial charge on any atom is -0.492 e. The summed E-state index contributed by atoms with van der Waals surface area (Å²) in [5.41, 5.74) is 2.74. The van der Waals surface area contributed by atoms with Crippen LogP contribution in [0.15, 0.2) is 89.0 Å². The maximum atomic E-state index is 13.7. The molecule has 3 aromatic carbocycles. The minimum atomic E-state index is -3.96. The van der Waals surface area contributed by atoms with Gasteiger partial charge in [0.2, 0.25) is 5.91 Å². The van der Waals surface area contributed by atoms with E-state index in [9.17, 15) is 13.2 Å². The van der Waals surface area contributed by atoms with E-state index in [0.717, 1.165) is 17.3 Å². The summed E-state index contributed by atoms with van der Waals surface area (Å²) < 4.78 is 34.2. The van der Waals surface area contributed by atoms with Crippen molar-refractivity contribution in [2.24, 2.45) is 0 Å². The number of para-hydroxylation sites is 2. The topological polar surface area (TPSA) is 101 Å². The molecule has 194 valence electrons. The quantitative estimate of drug-likeness (QED) is 0.218. The second-order valence-electron chi connectivity index (χ2n) is 8.29. The van der Waals surface area contributed by atoms with Gasteiger partial charge in [-0.25, -0.2) is 18.4 Å². The molecule has 0 unspecified atom stereocenters. The van der Waals surface area contributed by atoms with E-state index in [2.05, 4.69) is 15.3 Å². The number of ether oxygens (including phenoxy) is 1. The van der Waals surface area contributed by atoms with E-state index in [4.69, 9.17) is 16.3 Å². The molecule has 0 radical (unpaired) electrons. The predicted octanol–water partition coefficient (Wildman–Crippen LogP) is 5.64. The van der Waals surface area contributed by atoms with Crippen LogP contribution in [0.3, 0.4) is 0 Å². The number of thioether (sulfide) groups is 1. The summed E-state index contributed by atoms with van der Waals surface area (Å²) in [6, 6.07) is 21.6. The number of benzene rings is 3. The second kappa shape index (κ2) is 11.0. The number of hydrogen-bond donors (Lipinski definition) is 1. The first kappa shape index (κ1) is 26.0. The number of halogens is 1. The maximum absolute atomic E-state index is 13.7. The fourth-order valence-electron chi connectivity index (χ4n) is 4.05. The lowest BCUT2D eigenvalue weighted by atomic mass is 10.1. The van der Waals surface area contributed by atoms with Crippen molar-refractivity contribution in [2.45, 2.75) is 23.5 Å². The van der Waals surface area contributed by atoms with Crippen molar-refractivity contribution >= 4 is 50.7 Å². The van der Waals surface area contributed by atoms with Crippen LogP contribution < -0.4 is 14.4 Å². The third-order valence-electron chi connectivity index (χ3n) is 5.75. The summed E-state index contributed by atoms with van der Waals surface area (Å²) in [5.74, 6) is 0.343. The van der Waals surface area contributed by atoms with Crippen LogP contribution in [0.5, 0.6) is 5.75 Å². The van der Waals surface area contributed by atoms with Crippen molar-refractivity contribution in [1.29, 1.82) is 0 Å². The van der Waals surface area contributed by atoms with Gasteiger partial charge in [-0.05, 0) is 42.8 Å². The minimum absolute atomic E-state index is 0.00250. The number of fused-ring (bicyclic) bond motifs is 3. The number of rotatable bonds is 8. The molecule has 5 rings (SSSR count). The molecule has 11 heteroatoms. The molecule has 4 aromatic rings. The lowest BCUT2D eigenvalue weighted by Crippen LogP contribution is -2.34. The number of sulfonamides is 1. The van der Waals surface area contributed by atoms with Gasteiger partial charge in [-0.1, -0.05) is 65.8 Å². The summed E-state index contributed by atoms with van der Waals surface area (Å²) in [7, 11) is -3.96. The van der Waals surface area contributed by atoms with E-state index in [1.54, 1.807) is 30.3 Å². The first-order valence-electron chi connectivity index (χ1n) is 11.7. The zero-order valence-corrected chi connectivity index (χ0v) is 22.7. The van der Waals surface area contributed by atoms with Crippen LogP contribution in [0.2, 0.25) is 5.02 Å². The fraction of sp³-hybridized carbons (Fsp3) is 0.148. The summed E-state index contributed by atoms with van der Waals surface area (Å²) in [4.78, 5) is 21.4. The van der Waals surface area contributed by atoms with Crippen LogP contribution in [-0.4, -0.2) is 36.7 Å². The number of carbonyl (C=O) groups is 1. The number of amides is 1. The molecule has 0 spiro atoms. The highest BCUT2D eigenvalue weighted by Crippen LogP contribution is 2.44. The fourth-order valence-corrected chi connectivity index (χ4v) is 6.39. The van der Waals surface area contributed by atoms with E-state index in [1.807, 2.05) is 49.4 Å². The number of anilines is 2. The second-order valence-corrected chi connectivity index (χ2v) is 11.5. The summed E-state index contributed by atoms with van der Waals surface area (Å²) in [5, 5.41) is 3.53. The van der Waals surface area contributed by atoms with E-state index in [0.29, 0.717) is 34.3 Å². The number of aromatic nitrogens is 2. The van der Waals surface area contributed by atoms with Crippen molar-refractivity contribution in [3.8, 4) is 17.0 Å². The first-order valence-corrected chi connectivity index (χ1v) is 14.6. The summed E-state index contributed by atoms with van der Waals surface area (Å²) in [6.07, 6.45) is 1.30. The Balaban J connectivity index is 1.41. The van der Waals surface area contributed by atoms with E-state index in [1.165, 1.54) is 10.5 Å². The van der Waals surface area contributed by atoms with Gasteiger partial charge < -0.3 is 10.1 Å². The molecule has 1 aliphatic rings. The normalized spacial score (nSPS) is 13.4. The lowest BCUT2D eigenvalue weighted by Gasteiger charge is -2.31. The zero-order valence-electron chi connectivity index (χ0n) is 20.3. The Morgan fingerprint density at radius 2 is 1.84 bits per heavy atom. The Kier molecular flexibility index (Phi) is 7.55. The van der Waals surface area contributed by atoms with Crippen LogP contribution >= 0.6 is 23.4 Å². The van der Waals surface area contributed by atoms with Gasteiger partial charge in [0.15, 0.2) is 5.16 Å². The molecule has 38 heavy (non-hydrogen) atoms. The molecule has 1 aliphatic heterocycles. The number of nitrogens with zero attached hydrogens (tertiary/aromatic N) is 3. The Morgan fingerprint density at radius 1 is 1.08 bits per heavy atom. The molecule has 8 nitrogen and oxygen atoms in total. The molecule has 1 amide bonds. The molecule has 0 fully saturated rings. The smallest absolute Gasteiger partial charge is 0.268 e. The molecule has 2 heterocycles. The van der Waals surface area contributed by atoms with Crippen LogP contribution in [-0.2, 0) is 21.4 Å². The molecular formula is C27H23ClN4O4S2. The SMILES string of the molecule is CCOc1ccccc1NC(=O)CSc1ncc2c(n1)-c1ccc(Cl)cc1N(Cc1ccccc1)S2(=O)=O. The molecule has 0 atom stereocenters. The van der Waals surface area contributed by atoms with Crippen LogP contribution in [0.1, 0.15) is 12.5 Å². The Hall–Kier alpha value is -3.60. The van der Waals surface area contributed by atoms with Gasteiger partial charge >= 0.3 is 0 Å². The highest BCUT2D eigenvalue weighted by atomic mass is 35.5. The average molecular weight is 567 g/mol. The van der Waals surface area contributed by atoms with Gasteiger partial charge in [-0.2, -0.15) is 0 Å². The largest absolute Gasteiger partial charge is 0.492 e. The van der Waals surface area contributed by atoms with E-state index < -0.39 is 10.0 Å². The Labute approximate surface area is 230 Å². The maximum Gasteiger partial charge on any atom is 0.268 e. The third-order valence-corrected chi connectivity index (χ3v) is 8.60. The molecule has 1 N–H and O–H groups in total. The number of carbonyl (C=O) groups excluding carboxylic acids is 1. The lowest BCUT2D eigenvalue weighted by molar-refractivity contribution is -0.113. The van der Waals surface area contributed by atoms with Gasteiger partial charge in [0.05, 0.1) is 42.2 Å². The molecule has 0 saturated heterocycles. The monoisotopic (exact) mass is 566 g/mol. The van der Waals surface area contributed by atoms with E-state index >= 15 is 0 Å². The molecule has 0 bridgehead atoms. The van der Waals surface area contributed by atoms with Gasteiger partial charge in [-0.3, -0.25) is 9.10 Å². The van der Waals surface area contributed by atoms with Crippen LogP contribution in [0.4, 0.5) is 11.4 Å². The molecule has 0 saturated carbocycles. The van der Waals surface area contributed by atoms with Gasteiger partial charge in [0.25, 0.3) is 10.0 Å². The molecule has 1 aromatic heterocycles. The van der Waals surface area contributed by atoms with Crippen LogP contribution in [0, 0.1) is 0 Å². The molecular weight excluding hydrogens is 544 g/mol. The highest BCUT2D eigenvalue weighted by Gasteiger charge is 2.37. The molecule has 0 aliphatic carbocycles. The zero-order chi connectivity index (χ0) is 26.7. The van der Waals surface area contributed by atoms with Gasteiger partial charge in [0, 0.05) is 10.6 Å². The van der Waals surface area contributed by atoms with Crippen molar-refractivity contribution in [3.05, 3.63) is 89.6 Å². The summed E-state index contributed by atoms with van der Waals surface area (Å²) in [6.45, 7) is 2.48. The number of hydrogen-bond acceptors (Lipinski definition) is 7. The van der Waals surface area contributed by atoms with Crippen molar-refractivity contribution < 1.29 is 17.9 Å². The van der Waals surface area contributed by atoms with Crippen molar-refractivity contribution in [3.63, 3.8) is 0 Å². The number of nitrogens with one attached hydrogen (secondary N) is 1. The Morgan fingerprint density at radius 3 is 2.63 bits per heavy atom. The van der Waals surface area contributed by atoms with Gasteiger partial charge in [-0.15, -0.1) is 0 Å². The summed E-state index contributed by atoms with van der Waals surface area (Å²) >= 11 is 7.38. The van der Waals surface area contributed by atoms with Crippen LogP contribution in [0.25, 0.3) is 11.3 Å². The predicted molar refractivity (Wildman–Crippen MR) is 149 cm³/mol. The highest BCUT2D eigenvalue weighted by molar-refractivity contribution is 7.99.